The van der Waals surface area contributed by atoms with Crippen molar-refractivity contribution in [3.05, 3.63) is 53.1 Å². The Hall–Kier alpha value is -2.18. The Morgan fingerprint density at radius 2 is 2.04 bits per heavy atom. The first kappa shape index (κ1) is 21.1. The summed E-state index contributed by atoms with van der Waals surface area (Å²) in [6, 6.07) is 12.9. The third kappa shape index (κ3) is 7.15. The van der Waals surface area contributed by atoms with Crippen molar-refractivity contribution in [3.63, 3.8) is 0 Å². The number of ether oxygens (including phenoxy) is 2. The van der Waals surface area contributed by atoms with Gasteiger partial charge in [-0.25, -0.2) is 5.43 Å². The second-order valence-electron chi connectivity index (χ2n) is 5.78. The Bertz CT molecular complexity index is 781. The van der Waals surface area contributed by atoms with E-state index in [9.17, 15) is 4.79 Å². The molecule has 0 radical (unpaired) electrons. The van der Waals surface area contributed by atoms with Gasteiger partial charge in [0.15, 0.2) is 0 Å². The van der Waals surface area contributed by atoms with Crippen molar-refractivity contribution in [2.45, 2.75) is 31.3 Å². The number of nitrogens with one attached hydrogen (secondary N) is 1. The fourth-order valence-corrected chi connectivity index (χ4v) is 2.95. The molecule has 0 heterocycles. The first-order chi connectivity index (χ1) is 13.0. The van der Waals surface area contributed by atoms with E-state index in [4.69, 9.17) is 21.1 Å². The molecular weight excluding hydrogens is 384 g/mol. The van der Waals surface area contributed by atoms with Crippen molar-refractivity contribution in [1.82, 2.24) is 5.43 Å². The summed E-state index contributed by atoms with van der Waals surface area (Å²) >= 11 is 7.65. The molecular formula is C20H23ClN2O3S. The Morgan fingerprint density at radius 3 is 2.67 bits per heavy atom. The zero-order valence-corrected chi connectivity index (χ0v) is 17.1. The molecule has 0 aliphatic rings. The van der Waals surface area contributed by atoms with Gasteiger partial charge in [0.25, 0.3) is 0 Å². The van der Waals surface area contributed by atoms with Gasteiger partial charge in [0, 0.05) is 4.90 Å². The molecule has 0 aromatic heterocycles. The number of methoxy groups -OCH3 is 1. The molecule has 0 fully saturated rings. The van der Waals surface area contributed by atoms with Gasteiger partial charge in [-0.05, 0) is 61.4 Å². The first-order valence-electron chi connectivity index (χ1n) is 8.56. The van der Waals surface area contributed by atoms with Gasteiger partial charge in [0.2, 0.25) is 5.91 Å². The number of hydrogen-bond donors (Lipinski definition) is 1. The molecule has 0 unspecified atom stereocenters. The molecule has 2 rings (SSSR count). The van der Waals surface area contributed by atoms with Gasteiger partial charge < -0.3 is 9.47 Å². The lowest BCUT2D eigenvalue weighted by atomic mass is 10.2. The summed E-state index contributed by atoms with van der Waals surface area (Å²) in [6.45, 7) is 4.04. The molecule has 0 aliphatic carbocycles. The highest BCUT2D eigenvalue weighted by Crippen LogP contribution is 2.26. The van der Waals surface area contributed by atoms with Crippen LogP contribution in [0.25, 0.3) is 0 Å². The van der Waals surface area contributed by atoms with E-state index in [1.165, 1.54) is 11.8 Å². The molecule has 5 nitrogen and oxygen atoms in total. The topological polar surface area (TPSA) is 59.9 Å². The Labute approximate surface area is 169 Å². The van der Waals surface area contributed by atoms with E-state index in [0.717, 1.165) is 22.6 Å². The van der Waals surface area contributed by atoms with E-state index in [2.05, 4.69) is 17.5 Å². The maximum absolute atomic E-state index is 11.9. The number of nitrogens with zero attached hydrogens (tertiary/aromatic N) is 1. The van der Waals surface area contributed by atoms with Crippen LogP contribution < -0.4 is 14.9 Å². The van der Waals surface area contributed by atoms with E-state index in [1.807, 2.05) is 37.3 Å². The molecule has 0 aliphatic heterocycles. The van der Waals surface area contributed by atoms with Crippen molar-refractivity contribution < 1.29 is 14.3 Å². The lowest BCUT2D eigenvalue weighted by Crippen LogP contribution is -2.19. The number of carbonyl (C=O) groups is 1. The SMILES string of the molecule is CC[C@@H](C)Oc1ccc(/C=N/NC(=O)CSc2ccc(OC)cc2)cc1Cl. The zero-order chi connectivity index (χ0) is 19.6. The molecule has 1 N–H and O–H groups in total. The summed E-state index contributed by atoms with van der Waals surface area (Å²) in [5.74, 6) is 1.51. The van der Waals surface area contributed by atoms with Crippen LogP contribution in [0.1, 0.15) is 25.8 Å². The number of hydrazone groups is 1. The maximum Gasteiger partial charge on any atom is 0.250 e. The minimum absolute atomic E-state index is 0.101. The summed E-state index contributed by atoms with van der Waals surface area (Å²) < 4.78 is 10.8. The fraction of sp³-hybridized carbons (Fsp3) is 0.300. The molecule has 2 aromatic rings. The molecule has 2 aromatic carbocycles. The van der Waals surface area contributed by atoms with E-state index >= 15 is 0 Å². The molecule has 1 atom stereocenters. The average Bonchev–Trinajstić information content (AvgIpc) is 2.68. The monoisotopic (exact) mass is 406 g/mol. The van der Waals surface area contributed by atoms with Gasteiger partial charge in [-0.3, -0.25) is 4.79 Å². The predicted octanol–water partition coefficient (Wildman–Crippen LogP) is 4.77. The summed E-state index contributed by atoms with van der Waals surface area (Å²) in [6.07, 6.45) is 2.55. The van der Waals surface area contributed by atoms with Crippen LogP contribution in [0.5, 0.6) is 11.5 Å². The molecule has 0 saturated heterocycles. The van der Waals surface area contributed by atoms with Crippen molar-refractivity contribution >= 4 is 35.5 Å². The standard InChI is InChI=1S/C20H23ClN2O3S/c1-4-14(2)26-19-10-5-15(11-18(19)21)12-22-23-20(24)13-27-17-8-6-16(25-3)7-9-17/h5-12,14H,4,13H2,1-3H3,(H,23,24)/b22-12+/t14-/m1/s1. The highest BCUT2D eigenvalue weighted by atomic mass is 35.5. The van der Waals surface area contributed by atoms with Crippen LogP contribution in [0.4, 0.5) is 0 Å². The van der Waals surface area contributed by atoms with E-state index in [0.29, 0.717) is 10.8 Å². The summed E-state index contributed by atoms with van der Waals surface area (Å²) in [4.78, 5) is 12.9. The minimum atomic E-state index is -0.185. The average molecular weight is 407 g/mol. The zero-order valence-electron chi connectivity index (χ0n) is 15.6. The molecule has 0 bridgehead atoms. The lowest BCUT2D eigenvalue weighted by Gasteiger charge is -2.13. The molecule has 144 valence electrons. The number of thioether (sulfide) groups is 1. The minimum Gasteiger partial charge on any atom is -0.497 e. The van der Waals surface area contributed by atoms with Crippen LogP contribution in [0.3, 0.4) is 0 Å². The fourth-order valence-electron chi connectivity index (χ4n) is 2.02. The third-order valence-corrected chi connectivity index (χ3v) is 5.00. The predicted molar refractivity (Wildman–Crippen MR) is 111 cm³/mol. The summed E-state index contributed by atoms with van der Waals surface area (Å²) in [5.41, 5.74) is 3.29. The van der Waals surface area contributed by atoms with E-state index in [-0.39, 0.29) is 17.8 Å². The highest BCUT2D eigenvalue weighted by molar-refractivity contribution is 8.00. The third-order valence-electron chi connectivity index (χ3n) is 3.69. The molecule has 7 heteroatoms. The van der Waals surface area contributed by atoms with Crippen LogP contribution in [0.2, 0.25) is 5.02 Å². The number of hydrogen-bond acceptors (Lipinski definition) is 5. The number of carbonyl (C=O) groups excluding carboxylic acids is 1. The van der Waals surface area contributed by atoms with Gasteiger partial charge in [0.1, 0.15) is 11.5 Å². The number of amides is 1. The Kier molecular flexibility index (Phi) is 8.48. The lowest BCUT2D eigenvalue weighted by molar-refractivity contribution is -0.118. The number of halogens is 1. The second kappa shape index (κ2) is 10.8. The molecule has 1 amide bonds. The van der Waals surface area contributed by atoms with Crippen LogP contribution in [0.15, 0.2) is 52.5 Å². The number of benzene rings is 2. The Balaban J connectivity index is 1.81. The van der Waals surface area contributed by atoms with Crippen LogP contribution in [-0.2, 0) is 4.79 Å². The number of rotatable bonds is 9. The van der Waals surface area contributed by atoms with Crippen LogP contribution >= 0.6 is 23.4 Å². The van der Waals surface area contributed by atoms with Crippen molar-refractivity contribution in [3.8, 4) is 11.5 Å². The van der Waals surface area contributed by atoms with Crippen LogP contribution in [-0.4, -0.2) is 31.1 Å². The van der Waals surface area contributed by atoms with Gasteiger partial charge in [0.05, 0.1) is 30.2 Å². The summed E-state index contributed by atoms with van der Waals surface area (Å²) in [7, 11) is 1.62. The largest absolute Gasteiger partial charge is 0.497 e. The van der Waals surface area contributed by atoms with E-state index < -0.39 is 0 Å². The molecule has 27 heavy (non-hydrogen) atoms. The van der Waals surface area contributed by atoms with E-state index in [1.54, 1.807) is 25.5 Å². The maximum atomic E-state index is 11.9. The van der Waals surface area contributed by atoms with Gasteiger partial charge >= 0.3 is 0 Å². The van der Waals surface area contributed by atoms with Gasteiger partial charge in [-0.1, -0.05) is 18.5 Å². The van der Waals surface area contributed by atoms with Crippen molar-refractivity contribution in [1.29, 1.82) is 0 Å². The molecule has 0 saturated carbocycles. The smallest absolute Gasteiger partial charge is 0.250 e. The Morgan fingerprint density at radius 1 is 1.30 bits per heavy atom. The van der Waals surface area contributed by atoms with Crippen molar-refractivity contribution in [2.75, 3.05) is 12.9 Å². The van der Waals surface area contributed by atoms with Gasteiger partial charge in [-0.15, -0.1) is 11.8 Å². The van der Waals surface area contributed by atoms with Gasteiger partial charge in [-0.2, -0.15) is 5.10 Å². The molecule has 0 spiro atoms. The van der Waals surface area contributed by atoms with Crippen LogP contribution in [0, 0.1) is 0 Å². The van der Waals surface area contributed by atoms with Crippen molar-refractivity contribution in [2.24, 2.45) is 5.10 Å². The quantitative estimate of drug-likeness (QED) is 0.370. The highest BCUT2D eigenvalue weighted by Gasteiger charge is 2.06. The normalized spacial score (nSPS) is 12.0. The second-order valence-corrected chi connectivity index (χ2v) is 7.24. The first-order valence-corrected chi connectivity index (χ1v) is 9.93. The summed E-state index contributed by atoms with van der Waals surface area (Å²) in [5, 5.41) is 4.49.